The van der Waals surface area contributed by atoms with Crippen LogP contribution in [0.15, 0.2) is 23.1 Å². The largest absolute Gasteiger partial charge is 0.465 e. The third kappa shape index (κ3) is 4.48. The Balaban J connectivity index is 1.76. The van der Waals surface area contributed by atoms with Gasteiger partial charge in [-0.05, 0) is 75.0 Å². The molecule has 0 saturated heterocycles. The summed E-state index contributed by atoms with van der Waals surface area (Å²) >= 11 is 1.84. The van der Waals surface area contributed by atoms with Crippen molar-refractivity contribution in [1.82, 2.24) is 0 Å². The highest BCUT2D eigenvalue weighted by molar-refractivity contribution is 7.99. The molecular formula is C17H25NO2S. The van der Waals surface area contributed by atoms with Crippen LogP contribution in [0.25, 0.3) is 0 Å². The van der Waals surface area contributed by atoms with Gasteiger partial charge in [-0.15, -0.1) is 11.8 Å². The molecule has 0 amide bonds. The first kappa shape index (κ1) is 16.4. The van der Waals surface area contributed by atoms with Crippen molar-refractivity contribution in [3.8, 4) is 0 Å². The molecule has 1 unspecified atom stereocenters. The Morgan fingerprint density at radius 3 is 2.90 bits per heavy atom. The molecule has 0 aliphatic heterocycles. The van der Waals surface area contributed by atoms with Gasteiger partial charge in [-0.3, -0.25) is 4.79 Å². The normalized spacial score (nSPS) is 16.3. The van der Waals surface area contributed by atoms with E-state index < -0.39 is 5.54 Å². The van der Waals surface area contributed by atoms with Gasteiger partial charge in [0.05, 0.1) is 6.61 Å². The Morgan fingerprint density at radius 2 is 2.14 bits per heavy atom. The van der Waals surface area contributed by atoms with Crippen molar-refractivity contribution in [2.24, 2.45) is 5.73 Å². The van der Waals surface area contributed by atoms with Crippen molar-refractivity contribution < 1.29 is 9.53 Å². The molecule has 2 N–H and O–H groups in total. The summed E-state index contributed by atoms with van der Waals surface area (Å²) in [7, 11) is 0. The Bertz CT molecular complexity index is 500. The van der Waals surface area contributed by atoms with Crippen molar-refractivity contribution in [2.45, 2.75) is 56.4 Å². The number of aryl methyl sites for hydroxylation is 2. The van der Waals surface area contributed by atoms with E-state index in [0.717, 1.165) is 12.2 Å². The molecule has 4 heteroatoms. The number of hydrogen-bond donors (Lipinski definition) is 1. The van der Waals surface area contributed by atoms with Gasteiger partial charge in [0.1, 0.15) is 5.54 Å². The van der Waals surface area contributed by atoms with E-state index in [2.05, 4.69) is 18.2 Å². The summed E-state index contributed by atoms with van der Waals surface area (Å²) in [6.07, 6.45) is 5.30. The summed E-state index contributed by atoms with van der Waals surface area (Å²) < 4.78 is 5.00. The summed E-state index contributed by atoms with van der Waals surface area (Å²) in [5, 5.41) is 0. The van der Waals surface area contributed by atoms with E-state index in [4.69, 9.17) is 10.5 Å². The molecule has 0 radical (unpaired) electrons. The van der Waals surface area contributed by atoms with Crippen molar-refractivity contribution >= 4 is 17.7 Å². The van der Waals surface area contributed by atoms with E-state index in [9.17, 15) is 4.79 Å². The smallest absolute Gasteiger partial charge is 0.325 e. The molecular weight excluding hydrogens is 282 g/mol. The van der Waals surface area contributed by atoms with Crippen LogP contribution < -0.4 is 5.73 Å². The van der Waals surface area contributed by atoms with Gasteiger partial charge >= 0.3 is 5.97 Å². The Kier molecular flexibility index (Phi) is 5.71. The standard InChI is InChI=1S/C17H25NO2S/c1-3-20-16(19)17(2,18)10-5-11-21-15-9-8-13-6-4-7-14(13)12-15/h8-9,12H,3-7,10-11,18H2,1-2H3. The average Bonchev–Trinajstić information content (AvgIpc) is 2.91. The molecule has 0 saturated carbocycles. The zero-order valence-electron chi connectivity index (χ0n) is 13.0. The first-order valence-electron chi connectivity index (χ1n) is 7.73. The molecule has 0 aromatic heterocycles. The lowest BCUT2D eigenvalue weighted by Gasteiger charge is -2.21. The quantitative estimate of drug-likeness (QED) is 0.477. The maximum Gasteiger partial charge on any atom is 0.325 e. The first-order valence-corrected chi connectivity index (χ1v) is 8.72. The van der Waals surface area contributed by atoms with Crippen LogP contribution in [0, 0.1) is 0 Å². The third-order valence-corrected chi connectivity index (χ3v) is 5.00. The highest BCUT2D eigenvalue weighted by atomic mass is 32.2. The molecule has 1 atom stereocenters. The van der Waals surface area contributed by atoms with Crippen LogP contribution in [0.4, 0.5) is 0 Å². The number of ether oxygens (including phenoxy) is 1. The van der Waals surface area contributed by atoms with Crippen LogP contribution in [0.5, 0.6) is 0 Å². The van der Waals surface area contributed by atoms with Gasteiger partial charge in [0.2, 0.25) is 0 Å². The van der Waals surface area contributed by atoms with E-state index in [0.29, 0.717) is 13.0 Å². The van der Waals surface area contributed by atoms with E-state index in [1.807, 2.05) is 11.8 Å². The first-order chi connectivity index (χ1) is 10.0. The predicted octanol–water partition coefficient (Wildman–Crippen LogP) is 3.33. The van der Waals surface area contributed by atoms with Crippen LogP contribution in [0.1, 0.15) is 44.2 Å². The molecule has 0 spiro atoms. The highest BCUT2D eigenvalue weighted by Crippen LogP contribution is 2.28. The SMILES string of the molecule is CCOC(=O)C(C)(N)CCCSc1ccc2c(c1)CCC2. The van der Waals surface area contributed by atoms with Crippen molar-refractivity contribution in [1.29, 1.82) is 0 Å². The number of carbonyl (C=O) groups excluding carboxylic acids is 1. The fourth-order valence-corrected chi connectivity index (χ4v) is 3.58. The molecule has 2 rings (SSSR count). The van der Waals surface area contributed by atoms with Crippen LogP contribution in [-0.4, -0.2) is 23.9 Å². The summed E-state index contributed by atoms with van der Waals surface area (Å²) in [4.78, 5) is 13.0. The molecule has 21 heavy (non-hydrogen) atoms. The minimum absolute atomic E-state index is 0.299. The molecule has 1 aromatic rings. The van der Waals surface area contributed by atoms with E-state index >= 15 is 0 Å². The van der Waals surface area contributed by atoms with E-state index in [-0.39, 0.29) is 5.97 Å². The number of esters is 1. The van der Waals surface area contributed by atoms with Crippen LogP contribution >= 0.6 is 11.8 Å². The number of fused-ring (bicyclic) bond motifs is 1. The summed E-state index contributed by atoms with van der Waals surface area (Å²) in [6.45, 7) is 3.94. The summed E-state index contributed by atoms with van der Waals surface area (Å²) in [5.41, 5.74) is 8.17. The fourth-order valence-electron chi connectivity index (χ4n) is 2.67. The Labute approximate surface area is 131 Å². The minimum atomic E-state index is -0.867. The van der Waals surface area contributed by atoms with Gasteiger partial charge in [0.15, 0.2) is 0 Å². The zero-order valence-corrected chi connectivity index (χ0v) is 13.8. The number of benzene rings is 1. The second-order valence-corrected chi connectivity index (χ2v) is 7.04. The second kappa shape index (κ2) is 7.32. The minimum Gasteiger partial charge on any atom is -0.465 e. The maximum atomic E-state index is 11.7. The molecule has 1 aliphatic rings. The van der Waals surface area contributed by atoms with Gasteiger partial charge < -0.3 is 10.5 Å². The average molecular weight is 307 g/mol. The van der Waals surface area contributed by atoms with Crippen molar-refractivity contribution in [2.75, 3.05) is 12.4 Å². The number of carbonyl (C=O) groups is 1. The number of thioether (sulfide) groups is 1. The highest BCUT2D eigenvalue weighted by Gasteiger charge is 2.29. The topological polar surface area (TPSA) is 52.3 Å². The van der Waals surface area contributed by atoms with Crippen LogP contribution in [0.3, 0.4) is 0 Å². The Morgan fingerprint density at radius 1 is 1.38 bits per heavy atom. The molecule has 1 aliphatic carbocycles. The van der Waals surface area contributed by atoms with Gasteiger partial charge in [-0.2, -0.15) is 0 Å². The molecule has 0 fully saturated rings. The van der Waals surface area contributed by atoms with E-state index in [1.165, 1.54) is 35.3 Å². The molecule has 3 nitrogen and oxygen atoms in total. The van der Waals surface area contributed by atoms with Gasteiger partial charge in [-0.1, -0.05) is 6.07 Å². The molecule has 116 valence electrons. The lowest BCUT2D eigenvalue weighted by atomic mass is 9.98. The monoisotopic (exact) mass is 307 g/mol. The van der Waals surface area contributed by atoms with Crippen molar-refractivity contribution in [3.05, 3.63) is 29.3 Å². The number of hydrogen-bond acceptors (Lipinski definition) is 4. The van der Waals surface area contributed by atoms with Crippen molar-refractivity contribution in [3.63, 3.8) is 0 Å². The zero-order chi connectivity index (χ0) is 15.3. The maximum absolute atomic E-state index is 11.7. The third-order valence-electron chi connectivity index (χ3n) is 3.92. The van der Waals surface area contributed by atoms with Gasteiger partial charge in [0.25, 0.3) is 0 Å². The lowest BCUT2D eigenvalue weighted by Crippen LogP contribution is -2.46. The number of nitrogens with two attached hydrogens (primary N) is 1. The van der Waals surface area contributed by atoms with Crippen LogP contribution in [-0.2, 0) is 22.4 Å². The fraction of sp³-hybridized carbons (Fsp3) is 0.588. The molecule has 0 bridgehead atoms. The summed E-state index contributed by atoms with van der Waals surface area (Å²) in [5.74, 6) is 0.679. The number of rotatable bonds is 7. The van der Waals surface area contributed by atoms with E-state index in [1.54, 1.807) is 13.8 Å². The van der Waals surface area contributed by atoms with Gasteiger partial charge in [0, 0.05) is 4.90 Å². The van der Waals surface area contributed by atoms with Crippen LogP contribution in [0.2, 0.25) is 0 Å². The summed E-state index contributed by atoms with van der Waals surface area (Å²) in [6, 6.07) is 6.79. The van der Waals surface area contributed by atoms with Gasteiger partial charge in [-0.25, -0.2) is 0 Å². The predicted molar refractivity (Wildman–Crippen MR) is 87.7 cm³/mol. The Hall–Kier alpha value is -1.00. The molecule has 0 heterocycles. The lowest BCUT2D eigenvalue weighted by molar-refractivity contribution is -0.149. The second-order valence-electron chi connectivity index (χ2n) is 5.87. The molecule has 1 aromatic carbocycles.